The van der Waals surface area contributed by atoms with Crippen LogP contribution in [-0.4, -0.2) is 16.8 Å². The summed E-state index contributed by atoms with van der Waals surface area (Å²) in [4.78, 5) is 0.875. The highest BCUT2D eigenvalue weighted by Gasteiger charge is 2.15. The Morgan fingerprint density at radius 3 is 2.32 bits per heavy atom. The molecule has 2 aromatic carbocycles. The average molecular weight is 390 g/mol. The molecule has 0 aliphatic carbocycles. The molecule has 7 heteroatoms. The van der Waals surface area contributed by atoms with Crippen LogP contribution < -0.4 is 9.47 Å². The number of nitriles is 2. The fourth-order valence-corrected chi connectivity index (χ4v) is 2.81. The maximum atomic E-state index is 9.15. The van der Waals surface area contributed by atoms with Crippen molar-refractivity contribution in [2.75, 3.05) is 6.61 Å². The summed E-state index contributed by atoms with van der Waals surface area (Å²) >= 11 is 4.26. The molecule has 0 atom stereocenters. The molecule has 6 nitrogen and oxygen atoms in total. The van der Waals surface area contributed by atoms with Gasteiger partial charge < -0.3 is 9.47 Å². The van der Waals surface area contributed by atoms with Crippen molar-refractivity contribution in [3.05, 3.63) is 65.0 Å². The number of ether oxygens (including phenoxy) is 2. The largest absolute Gasteiger partial charge is 0.493 e. The van der Waals surface area contributed by atoms with Crippen molar-refractivity contribution in [2.24, 2.45) is 0 Å². The molecular formula is C21H18N4O2S. The highest BCUT2D eigenvalue weighted by atomic mass is 32.1. The first-order chi connectivity index (χ1) is 13.6. The molecule has 0 bridgehead atoms. The predicted molar refractivity (Wildman–Crippen MR) is 107 cm³/mol. The van der Waals surface area contributed by atoms with Crippen LogP contribution in [0.2, 0.25) is 0 Å². The number of hydrogen-bond acceptors (Lipinski definition) is 6. The lowest BCUT2D eigenvalue weighted by molar-refractivity contribution is 0.318. The minimum absolute atomic E-state index is 0.369. The van der Waals surface area contributed by atoms with E-state index in [-0.39, 0.29) is 0 Å². The van der Waals surface area contributed by atoms with E-state index >= 15 is 0 Å². The number of H-pyrrole nitrogens is 1. The van der Waals surface area contributed by atoms with Gasteiger partial charge in [-0.1, -0.05) is 6.92 Å². The average Bonchev–Trinajstić information content (AvgIpc) is 3.10. The lowest BCUT2D eigenvalue weighted by atomic mass is 10.1. The summed E-state index contributed by atoms with van der Waals surface area (Å²) in [6, 6.07) is 16.3. The molecule has 0 aliphatic heterocycles. The maximum absolute atomic E-state index is 9.15. The summed E-state index contributed by atoms with van der Waals surface area (Å²) in [7, 11) is 0. The van der Waals surface area contributed by atoms with Crippen LogP contribution in [-0.2, 0) is 12.8 Å². The van der Waals surface area contributed by atoms with E-state index in [9.17, 15) is 0 Å². The molecule has 3 rings (SSSR count). The van der Waals surface area contributed by atoms with Gasteiger partial charge in [0.25, 0.3) is 0 Å². The Balaban J connectivity index is 1.76. The van der Waals surface area contributed by atoms with E-state index in [2.05, 4.69) is 22.8 Å². The molecule has 0 spiro atoms. The standard InChI is InChI=1S/C21H18N4O2S/c1-2-19-21(27-17-10-14(12-22)9-15(11-17)13-23)20(25-24-19)7-8-26-16-3-5-18(28)6-4-16/h3-6,9-11,28H,2,7-8H2,1H3,(H,24,25). The maximum Gasteiger partial charge on any atom is 0.171 e. The molecule has 0 unspecified atom stereocenters. The first-order valence-corrected chi connectivity index (χ1v) is 9.18. The van der Waals surface area contributed by atoms with Gasteiger partial charge in [0.05, 0.1) is 35.6 Å². The van der Waals surface area contributed by atoms with Gasteiger partial charge in [-0.15, -0.1) is 12.6 Å². The number of nitrogens with zero attached hydrogens (tertiary/aromatic N) is 3. The molecular weight excluding hydrogens is 372 g/mol. The van der Waals surface area contributed by atoms with Gasteiger partial charge in [-0.2, -0.15) is 15.6 Å². The van der Waals surface area contributed by atoms with Gasteiger partial charge in [0.1, 0.15) is 17.2 Å². The Bertz CT molecular complexity index is 1010. The number of rotatable bonds is 7. The molecule has 0 saturated heterocycles. The molecule has 0 saturated carbocycles. The van der Waals surface area contributed by atoms with Gasteiger partial charge in [0.2, 0.25) is 0 Å². The molecule has 0 amide bonds. The van der Waals surface area contributed by atoms with Crippen LogP contribution in [0.25, 0.3) is 0 Å². The Labute approximate surface area is 168 Å². The van der Waals surface area contributed by atoms with Crippen LogP contribution in [0.3, 0.4) is 0 Å². The minimum atomic E-state index is 0.369. The third-order valence-electron chi connectivity index (χ3n) is 4.04. The third-order valence-corrected chi connectivity index (χ3v) is 4.34. The molecule has 0 radical (unpaired) electrons. The first kappa shape index (κ1) is 19.3. The quantitative estimate of drug-likeness (QED) is 0.583. The zero-order valence-electron chi connectivity index (χ0n) is 15.3. The van der Waals surface area contributed by atoms with E-state index in [4.69, 9.17) is 20.0 Å². The van der Waals surface area contributed by atoms with E-state index < -0.39 is 0 Å². The van der Waals surface area contributed by atoms with Crippen molar-refractivity contribution in [1.29, 1.82) is 10.5 Å². The number of thiol groups is 1. The summed E-state index contributed by atoms with van der Waals surface area (Å²) in [5.74, 6) is 1.80. The molecule has 1 heterocycles. The fraction of sp³-hybridized carbons (Fsp3) is 0.190. The van der Waals surface area contributed by atoms with Crippen LogP contribution >= 0.6 is 12.6 Å². The Morgan fingerprint density at radius 2 is 1.71 bits per heavy atom. The van der Waals surface area contributed by atoms with Crippen LogP contribution in [0.15, 0.2) is 47.4 Å². The molecule has 0 aliphatic rings. The molecule has 1 aromatic heterocycles. The summed E-state index contributed by atoms with van der Waals surface area (Å²) in [6.45, 7) is 2.42. The molecule has 28 heavy (non-hydrogen) atoms. The summed E-state index contributed by atoms with van der Waals surface area (Å²) < 4.78 is 11.8. The lowest BCUT2D eigenvalue weighted by Gasteiger charge is -2.10. The van der Waals surface area contributed by atoms with Gasteiger partial charge in [0, 0.05) is 11.3 Å². The van der Waals surface area contributed by atoms with Gasteiger partial charge in [-0.05, 0) is 48.9 Å². The monoisotopic (exact) mass is 390 g/mol. The van der Waals surface area contributed by atoms with E-state index in [1.54, 1.807) is 12.1 Å². The number of aryl methyl sites for hydroxylation is 1. The minimum Gasteiger partial charge on any atom is -0.493 e. The fourth-order valence-electron chi connectivity index (χ4n) is 2.66. The smallest absolute Gasteiger partial charge is 0.171 e. The molecule has 1 N–H and O–H groups in total. The van der Waals surface area contributed by atoms with Crippen LogP contribution in [0.1, 0.15) is 29.4 Å². The third kappa shape index (κ3) is 4.64. The van der Waals surface area contributed by atoms with Gasteiger partial charge in [-0.25, -0.2) is 0 Å². The van der Waals surface area contributed by atoms with Crippen LogP contribution in [0.4, 0.5) is 0 Å². The highest BCUT2D eigenvalue weighted by Crippen LogP contribution is 2.30. The Kier molecular flexibility index (Phi) is 6.21. The van der Waals surface area contributed by atoms with Crippen molar-refractivity contribution in [3.8, 4) is 29.4 Å². The normalized spacial score (nSPS) is 10.1. The number of aromatic nitrogens is 2. The second-order valence-corrected chi connectivity index (χ2v) is 6.51. The topological polar surface area (TPSA) is 94.7 Å². The van der Waals surface area contributed by atoms with E-state index in [0.717, 1.165) is 22.0 Å². The van der Waals surface area contributed by atoms with E-state index in [0.29, 0.717) is 42.1 Å². The Hall–Kier alpha value is -3.42. The van der Waals surface area contributed by atoms with Crippen molar-refractivity contribution in [3.63, 3.8) is 0 Å². The first-order valence-electron chi connectivity index (χ1n) is 8.74. The number of aromatic amines is 1. The van der Waals surface area contributed by atoms with E-state index in [1.807, 2.05) is 43.3 Å². The van der Waals surface area contributed by atoms with Crippen LogP contribution in [0, 0.1) is 22.7 Å². The van der Waals surface area contributed by atoms with Crippen molar-refractivity contribution >= 4 is 12.6 Å². The summed E-state index contributed by atoms with van der Waals surface area (Å²) in [5, 5.41) is 25.6. The van der Waals surface area contributed by atoms with Crippen molar-refractivity contribution in [2.45, 2.75) is 24.7 Å². The van der Waals surface area contributed by atoms with Gasteiger partial charge in [-0.3, -0.25) is 5.10 Å². The summed E-state index contributed by atoms with van der Waals surface area (Å²) in [6.07, 6.45) is 1.24. The second-order valence-electron chi connectivity index (χ2n) is 6.00. The number of hydrogen-bond donors (Lipinski definition) is 2. The van der Waals surface area contributed by atoms with Gasteiger partial charge >= 0.3 is 0 Å². The van der Waals surface area contributed by atoms with Crippen LogP contribution in [0.5, 0.6) is 17.2 Å². The zero-order chi connectivity index (χ0) is 19.9. The second kappa shape index (κ2) is 8.98. The van der Waals surface area contributed by atoms with Crippen molar-refractivity contribution < 1.29 is 9.47 Å². The van der Waals surface area contributed by atoms with Gasteiger partial charge in [0.15, 0.2) is 5.75 Å². The number of benzene rings is 2. The molecule has 3 aromatic rings. The van der Waals surface area contributed by atoms with E-state index in [1.165, 1.54) is 6.07 Å². The SMILES string of the molecule is CCc1n[nH]c(CCOc2ccc(S)cc2)c1Oc1cc(C#N)cc(C#N)c1. The Morgan fingerprint density at radius 1 is 1.04 bits per heavy atom. The summed E-state index contributed by atoms with van der Waals surface area (Å²) in [5.41, 5.74) is 2.31. The molecule has 0 fully saturated rings. The highest BCUT2D eigenvalue weighted by molar-refractivity contribution is 7.80. The molecule has 140 valence electrons. The lowest BCUT2D eigenvalue weighted by Crippen LogP contribution is -2.03. The predicted octanol–water partition coefficient (Wildman–Crippen LogP) is 4.42. The van der Waals surface area contributed by atoms with Crippen molar-refractivity contribution in [1.82, 2.24) is 10.2 Å². The zero-order valence-corrected chi connectivity index (χ0v) is 16.2. The number of nitrogens with one attached hydrogen (secondary N) is 1.